The number of amides is 1. The van der Waals surface area contributed by atoms with Crippen LogP contribution in [0.4, 0.5) is 9.59 Å². The van der Waals surface area contributed by atoms with Gasteiger partial charge in [0.1, 0.15) is 11.2 Å². The van der Waals surface area contributed by atoms with Crippen molar-refractivity contribution in [2.75, 3.05) is 7.05 Å². The Morgan fingerprint density at radius 2 is 1.77 bits per heavy atom. The van der Waals surface area contributed by atoms with Crippen molar-refractivity contribution in [1.82, 2.24) is 9.47 Å². The van der Waals surface area contributed by atoms with Gasteiger partial charge < -0.3 is 14.4 Å². The van der Waals surface area contributed by atoms with Crippen LogP contribution in [0.1, 0.15) is 65.6 Å². The van der Waals surface area contributed by atoms with E-state index in [2.05, 4.69) is 28.1 Å². The topological polar surface area (TPSA) is 60.8 Å². The first-order valence-electron chi connectivity index (χ1n) is 10.5. The monoisotopic (exact) mass is 480 g/mol. The Bertz CT molecular complexity index is 965. The van der Waals surface area contributed by atoms with E-state index in [4.69, 9.17) is 9.47 Å². The molecule has 3 rings (SSSR count). The molecule has 0 bridgehead atoms. The van der Waals surface area contributed by atoms with Crippen LogP contribution in [0, 0.1) is 0 Å². The van der Waals surface area contributed by atoms with E-state index >= 15 is 0 Å². The maximum atomic E-state index is 13.0. The molecule has 30 heavy (non-hydrogen) atoms. The quantitative estimate of drug-likeness (QED) is 0.574. The van der Waals surface area contributed by atoms with E-state index in [1.807, 2.05) is 41.5 Å². The predicted octanol–water partition coefficient (Wildman–Crippen LogP) is 3.72. The second-order valence-electron chi connectivity index (χ2n) is 10.2. The summed E-state index contributed by atoms with van der Waals surface area (Å²) < 4.78 is 13.0. The summed E-state index contributed by atoms with van der Waals surface area (Å²) in [6.45, 7) is 11.2. The maximum Gasteiger partial charge on any atom is 0.419 e. The number of carbonyl (C=O) groups is 2. The van der Waals surface area contributed by atoms with Gasteiger partial charge in [-0.15, -0.1) is 0 Å². The van der Waals surface area contributed by atoms with Gasteiger partial charge in [-0.3, -0.25) is 0 Å². The van der Waals surface area contributed by atoms with Crippen LogP contribution in [0.25, 0.3) is 12.2 Å². The Morgan fingerprint density at radius 1 is 1.13 bits per heavy atom. The van der Waals surface area contributed by atoms with Crippen LogP contribution in [0.5, 0.6) is 0 Å². The Morgan fingerprint density at radius 3 is 2.37 bits per heavy atom. The molecule has 1 amide bonds. The van der Waals surface area contributed by atoms with Crippen molar-refractivity contribution in [2.45, 2.75) is 89.3 Å². The van der Waals surface area contributed by atoms with Crippen molar-refractivity contribution in [1.29, 1.82) is 0 Å². The van der Waals surface area contributed by atoms with Gasteiger partial charge in [-0.05, 0) is 72.8 Å². The molecular weight excluding hydrogens is 448 g/mol. The molecule has 0 N–H and O–H groups in total. The van der Waals surface area contributed by atoms with Gasteiger partial charge >= 0.3 is 12.2 Å². The van der Waals surface area contributed by atoms with Gasteiger partial charge in [0.2, 0.25) is 0 Å². The molecule has 1 heterocycles. The van der Waals surface area contributed by atoms with Crippen LogP contribution >= 0.6 is 15.9 Å². The average Bonchev–Trinajstić information content (AvgIpc) is 2.91. The van der Waals surface area contributed by atoms with Crippen molar-refractivity contribution < 1.29 is 19.1 Å². The van der Waals surface area contributed by atoms with Gasteiger partial charge in [0.25, 0.3) is 0 Å². The third kappa shape index (κ3) is 4.93. The second-order valence-corrected chi connectivity index (χ2v) is 11.3. The fraction of sp³-hybridized carbons (Fsp3) is 0.652. The van der Waals surface area contributed by atoms with Crippen LogP contribution < -0.4 is 10.6 Å². The van der Waals surface area contributed by atoms with Gasteiger partial charge in [-0.1, -0.05) is 28.1 Å². The Labute approximate surface area is 187 Å². The summed E-state index contributed by atoms with van der Waals surface area (Å²) >= 11 is 3.68. The van der Waals surface area contributed by atoms with Crippen LogP contribution in [0.15, 0.2) is 0 Å². The van der Waals surface area contributed by atoms with E-state index in [1.54, 1.807) is 16.5 Å². The van der Waals surface area contributed by atoms with E-state index < -0.39 is 11.2 Å². The number of fused-ring (bicyclic) bond motifs is 3. The molecule has 0 spiro atoms. The predicted molar refractivity (Wildman–Crippen MR) is 121 cm³/mol. The number of rotatable bonds is 1. The van der Waals surface area contributed by atoms with E-state index in [1.165, 1.54) is 0 Å². The third-order valence-corrected chi connectivity index (χ3v) is 5.94. The molecule has 0 saturated heterocycles. The Balaban J connectivity index is 1.98. The van der Waals surface area contributed by atoms with Gasteiger partial charge in [-0.2, -0.15) is 0 Å². The maximum absolute atomic E-state index is 13.0. The van der Waals surface area contributed by atoms with Crippen LogP contribution in [-0.4, -0.2) is 50.8 Å². The number of halogens is 1. The largest absolute Gasteiger partial charge is 0.444 e. The molecule has 0 aromatic carbocycles. The fourth-order valence-electron chi connectivity index (χ4n) is 4.03. The first kappa shape index (κ1) is 22.9. The van der Waals surface area contributed by atoms with Gasteiger partial charge in [0, 0.05) is 28.8 Å². The molecule has 0 saturated carbocycles. The lowest BCUT2D eigenvalue weighted by molar-refractivity contribution is 0.0207. The minimum absolute atomic E-state index is 0.0232. The molecule has 0 fully saturated rings. The van der Waals surface area contributed by atoms with Crippen LogP contribution in [0.3, 0.4) is 0 Å². The molecule has 2 aliphatic carbocycles. The molecule has 1 aromatic heterocycles. The molecular formula is C23H33BrN2O4. The average molecular weight is 481 g/mol. The van der Waals surface area contributed by atoms with E-state index in [9.17, 15) is 9.59 Å². The molecule has 2 aliphatic rings. The number of ether oxygens (including phenoxy) is 2. The van der Waals surface area contributed by atoms with Crippen molar-refractivity contribution in [3.05, 3.63) is 21.8 Å². The van der Waals surface area contributed by atoms with Crippen molar-refractivity contribution >= 4 is 40.3 Å². The first-order chi connectivity index (χ1) is 13.8. The highest BCUT2D eigenvalue weighted by Gasteiger charge is 2.33. The standard InChI is InChI=1S/C23H33BrN2O4/c1-22(2,3)29-20(27)25(7)15-9-11-19-17(13-15)16-12-14(24)8-10-18(16)26(19)21(28)30-23(4,5)6/h10,12,14-15H,8-9,11,13H2,1-7H3. The molecule has 1 aromatic rings. The molecule has 6 nitrogen and oxygen atoms in total. The lowest BCUT2D eigenvalue weighted by Crippen LogP contribution is -2.44. The molecule has 0 aliphatic heterocycles. The van der Waals surface area contributed by atoms with E-state index in [0.717, 1.165) is 34.7 Å². The molecule has 2 unspecified atom stereocenters. The number of alkyl halides is 1. The SMILES string of the molecule is CN(C(=O)OC(C)(C)C)C1CCc2c(c3c(n2C(=O)OC(C)(C)C)=CCC(Br)C=3)C1. The highest BCUT2D eigenvalue weighted by atomic mass is 79.9. The lowest BCUT2D eigenvalue weighted by atomic mass is 9.91. The Kier molecular flexibility index (Phi) is 6.16. The van der Waals surface area contributed by atoms with Gasteiger partial charge in [0.05, 0.1) is 5.35 Å². The summed E-state index contributed by atoms with van der Waals surface area (Å²) in [5, 5.41) is 1.98. The summed E-state index contributed by atoms with van der Waals surface area (Å²) in [6.07, 6.45) is 6.60. The second kappa shape index (κ2) is 8.06. The zero-order valence-electron chi connectivity index (χ0n) is 19.0. The number of hydrogen-bond donors (Lipinski definition) is 0. The summed E-state index contributed by atoms with van der Waals surface area (Å²) in [4.78, 5) is 27.5. The highest BCUT2D eigenvalue weighted by molar-refractivity contribution is 9.09. The summed E-state index contributed by atoms with van der Waals surface area (Å²) in [5.74, 6) is 0. The molecule has 166 valence electrons. The summed E-state index contributed by atoms with van der Waals surface area (Å²) in [5.41, 5.74) is 1.03. The zero-order chi connectivity index (χ0) is 22.4. The number of nitrogens with zero attached hydrogens (tertiary/aromatic N) is 2. The van der Waals surface area contributed by atoms with Crippen molar-refractivity contribution in [3.8, 4) is 0 Å². The first-order valence-corrected chi connectivity index (χ1v) is 11.5. The smallest absolute Gasteiger partial charge is 0.419 e. The number of hydrogen-bond acceptors (Lipinski definition) is 4. The molecule has 0 radical (unpaired) electrons. The van der Waals surface area contributed by atoms with Crippen molar-refractivity contribution in [2.24, 2.45) is 0 Å². The van der Waals surface area contributed by atoms with E-state index in [0.29, 0.717) is 12.8 Å². The number of aromatic nitrogens is 1. The fourth-order valence-corrected chi connectivity index (χ4v) is 4.48. The Hall–Kier alpha value is -1.76. The van der Waals surface area contributed by atoms with Gasteiger partial charge in [0.15, 0.2) is 0 Å². The van der Waals surface area contributed by atoms with Crippen LogP contribution in [-0.2, 0) is 22.3 Å². The number of likely N-dealkylation sites (N-methyl/N-ethyl adjacent to an activating group) is 1. The lowest BCUT2D eigenvalue weighted by Gasteiger charge is -2.33. The minimum Gasteiger partial charge on any atom is -0.444 e. The van der Waals surface area contributed by atoms with Crippen molar-refractivity contribution in [3.63, 3.8) is 0 Å². The van der Waals surface area contributed by atoms with E-state index in [-0.39, 0.29) is 23.1 Å². The summed E-state index contributed by atoms with van der Waals surface area (Å²) in [6, 6.07) is 0.0232. The van der Waals surface area contributed by atoms with Crippen LogP contribution in [0.2, 0.25) is 0 Å². The normalized spacial score (nSPS) is 20.9. The molecule has 2 atom stereocenters. The minimum atomic E-state index is -0.564. The number of carbonyl (C=O) groups excluding carboxylic acids is 2. The third-order valence-electron chi connectivity index (χ3n) is 5.30. The summed E-state index contributed by atoms with van der Waals surface area (Å²) in [7, 11) is 1.80. The highest BCUT2D eigenvalue weighted by Crippen LogP contribution is 2.25. The van der Waals surface area contributed by atoms with Gasteiger partial charge in [-0.25, -0.2) is 14.2 Å². The molecule has 7 heteroatoms. The zero-order valence-corrected chi connectivity index (χ0v) is 20.6.